The molecule has 2 aromatic carbocycles. The zero-order valence-corrected chi connectivity index (χ0v) is 14.3. The van der Waals surface area contributed by atoms with Crippen LogP contribution in [0.4, 0.5) is 4.39 Å². The van der Waals surface area contributed by atoms with Crippen molar-refractivity contribution in [1.29, 1.82) is 0 Å². The van der Waals surface area contributed by atoms with E-state index in [-0.39, 0.29) is 30.4 Å². The SMILES string of the molecule is NC(=O)[C@@H]1CC[C@H](c2ccc(OCc3ccccc3F)cc2)N1P. The normalized spacial score (nSPS) is 20.9. The molecule has 1 aliphatic heterocycles. The molecule has 1 aliphatic rings. The van der Waals surface area contributed by atoms with Gasteiger partial charge in [0.25, 0.3) is 0 Å². The highest BCUT2D eigenvalue weighted by Gasteiger charge is 2.34. The van der Waals surface area contributed by atoms with Gasteiger partial charge in [-0.2, -0.15) is 0 Å². The molecule has 6 heteroatoms. The minimum Gasteiger partial charge on any atom is -0.489 e. The largest absolute Gasteiger partial charge is 0.489 e. The maximum atomic E-state index is 13.6. The summed E-state index contributed by atoms with van der Waals surface area (Å²) < 4.78 is 21.2. The van der Waals surface area contributed by atoms with Gasteiger partial charge in [-0.25, -0.2) is 4.39 Å². The van der Waals surface area contributed by atoms with Crippen LogP contribution in [0.1, 0.15) is 30.0 Å². The van der Waals surface area contributed by atoms with Crippen molar-refractivity contribution in [3.63, 3.8) is 0 Å². The van der Waals surface area contributed by atoms with E-state index in [0.717, 1.165) is 18.4 Å². The summed E-state index contributed by atoms with van der Waals surface area (Å²) in [5, 5.41) is 0. The van der Waals surface area contributed by atoms with E-state index in [2.05, 4.69) is 9.39 Å². The van der Waals surface area contributed by atoms with Gasteiger partial charge < -0.3 is 10.5 Å². The van der Waals surface area contributed by atoms with Crippen LogP contribution in [0, 0.1) is 5.82 Å². The summed E-state index contributed by atoms with van der Waals surface area (Å²) in [6, 6.07) is 14.2. The third-order valence-corrected chi connectivity index (χ3v) is 5.10. The van der Waals surface area contributed by atoms with E-state index in [1.165, 1.54) is 6.07 Å². The first-order valence-corrected chi connectivity index (χ1v) is 8.36. The summed E-state index contributed by atoms with van der Waals surface area (Å²) in [5.41, 5.74) is 7.04. The van der Waals surface area contributed by atoms with E-state index in [1.807, 2.05) is 28.9 Å². The van der Waals surface area contributed by atoms with Gasteiger partial charge in [-0.05, 0) is 36.6 Å². The first-order chi connectivity index (χ1) is 11.6. The zero-order chi connectivity index (χ0) is 17.1. The number of nitrogens with two attached hydrogens (primary N) is 1. The van der Waals surface area contributed by atoms with Gasteiger partial charge in [0.05, 0.1) is 6.04 Å². The first kappa shape index (κ1) is 16.9. The van der Waals surface area contributed by atoms with Crippen molar-refractivity contribution in [1.82, 2.24) is 4.67 Å². The van der Waals surface area contributed by atoms with Crippen LogP contribution in [0.2, 0.25) is 0 Å². The highest BCUT2D eigenvalue weighted by Crippen LogP contribution is 2.39. The fraction of sp³-hybridized carbons (Fsp3) is 0.278. The third kappa shape index (κ3) is 3.58. The van der Waals surface area contributed by atoms with Crippen LogP contribution >= 0.6 is 9.39 Å². The number of amides is 1. The van der Waals surface area contributed by atoms with Gasteiger partial charge in [0.1, 0.15) is 18.2 Å². The van der Waals surface area contributed by atoms with Crippen LogP contribution in [0.3, 0.4) is 0 Å². The number of hydrogen-bond donors (Lipinski definition) is 1. The molecule has 2 aromatic rings. The summed E-state index contributed by atoms with van der Waals surface area (Å²) in [6.45, 7) is 0.189. The molecule has 0 radical (unpaired) electrons. The minimum atomic E-state index is -0.294. The summed E-state index contributed by atoms with van der Waals surface area (Å²) in [5.74, 6) is 0.121. The number of nitrogens with zero attached hydrogens (tertiary/aromatic N) is 1. The standard InChI is InChI=1S/C18H20FN2O2P/c19-15-4-2-1-3-13(15)11-23-14-7-5-12(6-8-14)16-9-10-17(18(20)22)21(16)24/h1-8,16-17H,9-11,24H2,(H2,20,22)/t16-,17+/m1/s1. The molecule has 1 amide bonds. The van der Waals surface area contributed by atoms with E-state index in [9.17, 15) is 9.18 Å². The molecular weight excluding hydrogens is 326 g/mol. The molecule has 126 valence electrons. The van der Waals surface area contributed by atoms with Crippen molar-refractivity contribution in [2.75, 3.05) is 0 Å². The Hall–Kier alpha value is -1.97. The molecule has 0 aliphatic carbocycles. The number of halogens is 1. The van der Waals surface area contributed by atoms with Crippen molar-refractivity contribution in [2.45, 2.75) is 31.5 Å². The molecule has 0 saturated carbocycles. The molecule has 4 nitrogen and oxygen atoms in total. The lowest BCUT2D eigenvalue weighted by Crippen LogP contribution is -2.35. The van der Waals surface area contributed by atoms with E-state index in [0.29, 0.717) is 11.3 Å². The average molecular weight is 346 g/mol. The lowest BCUT2D eigenvalue weighted by Gasteiger charge is -2.23. The van der Waals surface area contributed by atoms with E-state index < -0.39 is 0 Å². The topological polar surface area (TPSA) is 55.6 Å². The van der Waals surface area contributed by atoms with Gasteiger partial charge in [-0.15, -0.1) is 0 Å². The first-order valence-electron chi connectivity index (χ1n) is 7.85. The van der Waals surface area contributed by atoms with Gasteiger partial charge in [0.2, 0.25) is 5.91 Å². The van der Waals surface area contributed by atoms with Crippen molar-refractivity contribution >= 4 is 15.3 Å². The molecule has 0 spiro atoms. The van der Waals surface area contributed by atoms with Crippen LogP contribution in [0.25, 0.3) is 0 Å². The van der Waals surface area contributed by atoms with Crippen molar-refractivity contribution < 1.29 is 13.9 Å². The van der Waals surface area contributed by atoms with E-state index >= 15 is 0 Å². The number of rotatable bonds is 5. The van der Waals surface area contributed by atoms with Crippen molar-refractivity contribution in [3.05, 3.63) is 65.5 Å². The van der Waals surface area contributed by atoms with Crippen molar-refractivity contribution in [2.24, 2.45) is 5.73 Å². The maximum Gasteiger partial charge on any atom is 0.235 e. The zero-order valence-electron chi connectivity index (χ0n) is 13.2. The molecule has 2 N–H and O–H groups in total. The second-order valence-electron chi connectivity index (χ2n) is 5.91. The monoisotopic (exact) mass is 346 g/mol. The molecule has 1 fully saturated rings. The lowest BCUT2D eigenvalue weighted by atomic mass is 10.1. The minimum absolute atomic E-state index is 0.146. The third-order valence-electron chi connectivity index (χ3n) is 4.38. The number of carbonyl (C=O) groups excluding carboxylic acids is 1. The van der Waals surface area contributed by atoms with Gasteiger partial charge >= 0.3 is 0 Å². The lowest BCUT2D eigenvalue weighted by molar-refractivity contribution is -0.121. The second kappa shape index (κ2) is 7.29. The molecule has 1 heterocycles. The fourth-order valence-corrected chi connectivity index (χ4v) is 3.64. The highest BCUT2D eigenvalue weighted by molar-refractivity contribution is 7.13. The summed E-state index contributed by atoms with van der Waals surface area (Å²) >= 11 is 0. The summed E-state index contributed by atoms with van der Waals surface area (Å²) in [7, 11) is 2.61. The Kier molecular flexibility index (Phi) is 5.12. The quantitative estimate of drug-likeness (QED) is 0.846. The van der Waals surface area contributed by atoms with Crippen molar-refractivity contribution in [3.8, 4) is 5.75 Å². The molecule has 0 bridgehead atoms. The smallest absolute Gasteiger partial charge is 0.235 e. The van der Waals surface area contributed by atoms with E-state index in [1.54, 1.807) is 18.2 Å². The number of ether oxygens (including phenoxy) is 1. The highest BCUT2D eigenvalue weighted by atomic mass is 31.0. The number of primary amides is 1. The molecule has 3 rings (SSSR count). The van der Waals surface area contributed by atoms with Crippen LogP contribution in [-0.4, -0.2) is 16.6 Å². The van der Waals surface area contributed by atoms with Gasteiger partial charge in [0.15, 0.2) is 0 Å². The van der Waals surface area contributed by atoms with Crippen LogP contribution in [0.15, 0.2) is 48.5 Å². The van der Waals surface area contributed by atoms with Gasteiger partial charge in [-0.3, -0.25) is 9.46 Å². The number of benzene rings is 2. The Bertz CT molecular complexity index is 723. The van der Waals surface area contributed by atoms with Gasteiger partial charge in [0, 0.05) is 11.6 Å². The molecular formula is C18H20FN2O2P. The van der Waals surface area contributed by atoms with Crippen LogP contribution < -0.4 is 10.5 Å². The molecule has 0 aromatic heterocycles. The summed E-state index contributed by atoms with van der Waals surface area (Å²) in [6.07, 6.45) is 1.64. The Morgan fingerprint density at radius 3 is 2.54 bits per heavy atom. The molecule has 24 heavy (non-hydrogen) atoms. The van der Waals surface area contributed by atoms with Crippen LogP contribution in [-0.2, 0) is 11.4 Å². The molecule has 3 atom stereocenters. The Balaban J connectivity index is 1.64. The fourth-order valence-electron chi connectivity index (χ4n) is 3.02. The predicted octanol–water partition coefficient (Wildman–Crippen LogP) is 3.19. The Morgan fingerprint density at radius 2 is 1.92 bits per heavy atom. The number of hydrogen-bond acceptors (Lipinski definition) is 3. The molecule has 1 saturated heterocycles. The number of carbonyl (C=O) groups is 1. The van der Waals surface area contributed by atoms with Crippen LogP contribution in [0.5, 0.6) is 5.75 Å². The Morgan fingerprint density at radius 1 is 1.21 bits per heavy atom. The predicted molar refractivity (Wildman–Crippen MR) is 93.7 cm³/mol. The second-order valence-corrected chi connectivity index (χ2v) is 6.50. The average Bonchev–Trinajstić information content (AvgIpc) is 2.96. The summed E-state index contributed by atoms with van der Waals surface area (Å²) in [4.78, 5) is 11.4. The Labute approximate surface area is 143 Å². The molecule has 1 unspecified atom stereocenters. The van der Waals surface area contributed by atoms with E-state index in [4.69, 9.17) is 10.5 Å². The van der Waals surface area contributed by atoms with Gasteiger partial charge in [-0.1, -0.05) is 39.7 Å². The maximum absolute atomic E-state index is 13.6.